The molecule has 1 fully saturated rings. The average Bonchev–Trinajstić information content (AvgIpc) is 2.81. The predicted octanol–water partition coefficient (Wildman–Crippen LogP) is 3.49. The third-order valence-corrected chi connectivity index (χ3v) is 5.02. The monoisotopic (exact) mass is 292 g/mol. The van der Waals surface area contributed by atoms with Crippen molar-refractivity contribution in [1.82, 2.24) is 0 Å². The summed E-state index contributed by atoms with van der Waals surface area (Å²) >= 11 is 0. The molecule has 0 bridgehead atoms. The van der Waals surface area contributed by atoms with Gasteiger partial charge in [-0.15, -0.1) is 0 Å². The van der Waals surface area contributed by atoms with Gasteiger partial charge in [-0.05, 0) is 43.5 Å². The van der Waals surface area contributed by atoms with Crippen molar-refractivity contribution in [2.24, 2.45) is 0 Å². The van der Waals surface area contributed by atoms with Crippen molar-refractivity contribution in [3.8, 4) is 0 Å². The Kier molecular flexibility index (Phi) is 2.96. The highest BCUT2D eigenvalue weighted by molar-refractivity contribution is 6.06. The lowest BCUT2D eigenvalue weighted by molar-refractivity contribution is -0.121. The van der Waals surface area contributed by atoms with E-state index in [0.29, 0.717) is 0 Å². The summed E-state index contributed by atoms with van der Waals surface area (Å²) in [6.07, 6.45) is 1.97. The smallest absolute Gasteiger partial charge is 0.236 e. The fourth-order valence-corrected chi connectivity index (χ4v) is 3.81. The summed E-state index contributed by atoms with van der Waals surface area (Å²) in [5.41, 5.74) is 4.23. The normalized spacial score (nSPS) is 23.5. The first-order chi connectivity index (χ1) is 10.7. The maximum atomic E-state index is 12.7. The number of carbonyl (C=O) groups excluding carboxylic acids is 1. The molecule has 0 aromatic heterocycles. The van der Waals surface area contributed by atoms with Gasteiger partial charge in [0.05, 0.1) is 5.41 Å². The van der Waals surface area contributed by atoms with Gasteiger partial charge in [-0.1, -0.05) is 35.9 Å². The molecule has 1 amide bonds. The first kappa shape index (κ1) is 13.4. The molecule has 1 saturated heterocycles. The van der Waals surface area contributed by atoms with Gasteiger partial charge in [-0.25, -0.2) is 0 Å². The summed E-state index contributed by atoms with van der Waals surface area (Å²) in [6.45, 7) is 3.88. The van der Waals surface area contributed by atoms with Crippen LogP contribution < -0.4 is 10.2 Å². The van der Waals surface area contributed by atoms with Gasteiger partial charge in [0.2, 0.25) is 5.91 Å². The zero-order chi connectivity index (χ0) is 15.2. The van der Waals surface area contributed by atoms with Crippen molar-refractivity contribution in [3.05, 3.63) is 59.7 Å². The molecule has 1 unspecified atom stereocenters. The summed E-state index contributed by atoms with van der Waals surface area (Å²) in [5.74, 6) is 0.158. The molecular formula is C19H20N2O. The van der Waals surface area contributed by atoms with Crippen LogP contribution in [-0.2, 0) is 10.2 Å². The molecule has 2 aromatic rings. The Balaban J connectivity index is 1.71. The van der Waals surface area contributed by atoms with Crippen molar-refractivity contribution < 1.29 is 4.79 Å². The molecule has 1 N–H and O–H groups in total. The van der Waals surface area contributed by atoms with Crippen LogP contribution >= 0.6 is 0 Å². The second-order valence-corrected chi connectivity index (χ2v) is 6.44. The number of para-hydroxylation sites is 1. The minimum absolute atomic E-state index is 0.158. The lowest BCUT2D eigenvalue weighted by Gasteiger charge is -2.40. The second-order valence-electron chi connectivity index (χ2n) is 6.44. The van der Waals surface area contributed by atoms with Crippen LogP contribution in [-0.4, -0.2) is 19.0 Å². The van der Waals surface area contributed by atoms with Crippen molar-refractivity contribution in [3.63, 3.8) is 0 Å². The van der Waals surface area contributed by atoms with E-state index in [1.165, 1.54) is 11.3 Å². The minimum atomic E-state index is -0.389. The third kappa shape index (κ3) is 1.92. The van der Waals surface area contributed by atoms with E-state index < -0.39 is 0 Å². The van der Waals surface area contributed by atoms with Crippen LogP contribution in [0.3, 0.4) is 0 Å². The van der Waals surface area contributed by atoms with Crippen LogP contribution in [0.1, 0.15) is 24.0 Å². The molecule has 4 rings (SSSR count). The van der Waals surface area contributed by atoms with E-state index in [1.54, 1.807) is 0 Å². The van der Waals surface area contributed by atoms with Gasteiger partial charge < -0.3 is 10.2 Å². The molecule has 3 nitrogen and oxygen atoms in total. The highest BCUT2D eigenvalue weighted by atomic mass is 16.2. The van der Waals surface area contributed by atoms with E-state index in [4.69, 9.17) is 0 Å². The number of carbonyl (C=O) groups is 1. The molecule has 0 saturated carbocycles. The number of nitrogens with one attached hydrogen (secondary N) is 1. The Labute approximate surface area is 131 Å². The van der Waals surface area contributed by atoms with Gasteiger partial charge in [0.25, 0.3) is 0 Å². The second kappa shape index (κ2) is 4.87. The van der Waals surface area contributed by atoms with E-state index in [2.05, 4.69) is 47.5 Å². The van der Waals surface area contributed by atoms with Crippen LogP contribution in [0.2, 0.25) is 0 Å². The molecule has 1 atom stereocenters. The van der Waals surface area contributed by atoms with Gasteiger partial charge in [-0.2, -0.15) is 0 Å². The van der Waals surface area contributed by atoms with Gasteiger partial charge in [0.1, 0.15) is 0 Å². The molecule has 2 aliphatic heterocycles. The number of hydrogen-bond donors (Lipinski definition) is 1. The Morgan fingerprint density at radius 3 is 2.68 bits per heavy atom. The maximum absolute atomic E-state index is 12.7. The van der Waals surface area contributed by atoms with Crippen molar-refractivity contribution in [2.75, 3.05) is 23.3 Å². The lowest BCUT2D eigenvalue weighted by atomic mass is 9.75. The van der Waals surface area contributed by atoms with E-state index in [-0.39, 0.29) is 11.3 Å². The zero-order valence-corrected chi connectivity index (χ0v) is 12.8. The Bertz CT molecular complexity index is 722. The number of aryl methyl sites for hydroxylation is 1. The maximum Gasteiger partial charge on any atom is 0.236 e. The standard InChI is InChI=1S/C19H20N2O/c1-14-7-9-15(10-8-14)21-12-4-11-19(13-21)16-5-2-3-6-17(16)20-18(19)22/h2-3,5-10H,4,11-13H2,1H3,(H,20,22). The SMILES string of the molecule is Cc1ccc(N2CCCC3(C2)C(=O)Nc2ccccc23)cc1. The number of hydrogen-bond acceptors (Lipinski definition) is 2. The predicted molar refractivity (Wildman–Crippen MR) is 89.4 cm³/mol. The fraction of sp³-hybridized carbons (Fsp3) is 0.316. The number of nitrogens with zero attached hydrogens (tertiary/aromatic N) is 1. The van der Waals surface area contributed by atoms with E-state index in [0.717, 1.165) is 37.2 Å². The van der Waals surface area contributed by atoms with Gasteiger partial charge >= 0.3 is 0 Å². The first-order valence-electron chi connectivity index (χ1n) is 7.92. The fourth-order valence-electron chi connectivity index (χ4n) is 3.81. The van der Waals surface area contributed by atoms with Crippen molar-refractivity contribution in [1.29, 1.82) is 0 Å². The molecule has 0 radical (unpaired) electrons. The Morgan fingerprint density at radius 2 is 1.86 bits per heavy atom. The Hall–Kier alpha value is -2.29. The largest absolute Gasteiger partial charge is 0.370 e. The number of fused-ring (bicyclic) bond motifs is 2. The number of piperidine rings is 1. The van der Waals surface area contributed by atoms with Crippen LogP contribution in [0.5, 0.6) is 0 Å². The van der Waals surface area contributed by atoms with Crippen molar-refractivity contribution >= 4 is 17.3 Å². The number of amides is 1. The Morgan fingerprint density at radius 1 is 1.09 bits per heavy atom. The van der Waals surface area contributed by atoms with Crippen LogP contribution in [0.4, 0.5) is 11.4 Å². The van der Waals surface area contributed by atoms with E-state index >= 15 is 0 Å². The molecule has 2 heterocycles. The van der Waals surface area contributed by atoms with Crippen LogP contribution in [0.25, 0.3) is 0 Å². The van der Waals surface area contributed by atoms with E-state index in [1.807, 2.05) is 18.2 Å². The zero-order valence-electron chi connectivity index (χ0n) is 12.8. The molecule has 2 aliphatic rings. The topological polar surface area (TPSA) is 32.3 Å². The first-order valence-corrected chi connectivity index (χ1v) is 7.92. The summed E-state index contributed by atoms with van der Waals surface area (Å²) in [6, 6.07) is 16.7. The third-order valence-electron chi connectivity index (χ3n) is 5.02. The molecule has 22 heavy (non-hydrogen) atoms. The highest BCUT2D eigenvalue weighted by Gasteiger charge is 2.49. The summed E-state index contributed by atoms with van der Waals surface area (Å²) < 4.78 is 0. The summed E-state index contributed by atoms with van der Waals surface area (Å²) in [7, 11) is 0. The number of anilines is 2. The highest BCUT2D eigenvalue weighted by Crippen LogP contribution is 2.44. The van der Waals surface area contributed by atoms with Gasteiger partial charge in [0, 0.05) is 24.5 Å². The molecule has 0 aliphatic carbocycles. The molecule has 1 spiro atoms. The van der Waals surface area contributed by atoms with Crippen LogP contribution in [0.15, 0.2) is 48.5 Å². The van der Waals surface area contributed by atoms with E-state index in [9.17, 15) is 4.79 Å². The summed E-state index contributed by atoms with van der Waals surface area (Å²) in [4.78, 5) is 15.1. The molecular weight excluding hydrogens is 272 g/mol. The molecule has 112 valence electrons. The average molecular weight is 292 g/mol. The van der Waals surface area contributed by atoms with Gasteiger partial charge in [-0.3, -0.25) is 4.79 Å². The number of rotatable bonds is 1. The van der Waals surface area contributed by atoms with Crippen LogP contribution in [0, 0.1) is 6.92 Å². The van der Waals surface area contributed by atoms with Crippen molar-refractivity contribution in [2.45, 2.75) is 25.2 Å². The quantitative estimate of drug-likeness (QED) is 0.872. The summed E-state index contributed by atoms with van der Waals surface area (Å²) in [5, 5.41) is 3.07. The van der Waals surface area contributed by atoms with Gasteiger partial charge in [0.15, 0.2) is 0 Å². The lowest BCUT2D eigenvalue weighted by Crippen LogP contribution is -2.50. The number of benzene rings is 2. The molecule has 2 aromatic carbocycles. The minimum Gasteiger partial charge on any atom is -0.370 e. The molecule has 3 heteroatoms.